The number of aliphatic hydroxyl groups excluding tert-OH is 2. The number of rotatable bonds is 16. The SMILES string of the molecule is Cc1cc([C@H](C(=O)N2C[C@H](O)C[C@H]2C(=O)N[C@@H](CCN2CCN(C(=O)C3CCN(c4nccc(Sc5cnc(N6CCC7(CC6)CO[C@@H](C)[C@H]7N)c(CO)n5)c4Cl)CC3)CC2)c2ccc(-c3scnc3C)cc2)C(C)C)on1. The Bertz CT molecular complexity index is 2900. The molecule has 22 heteroatoms. The lowest BCUT2D eigenvalue weighted by atomic mass is 9.73. The van der Waals surface area contributed by atoms with Crippen LogP contribution >= 0.6 is 34.7 Å². The van der Waals surface area contributed by atoms with E-state index in [1.165, 1.54) is 16.7 Å². The highest BCUT2D eigenvalue weighted by molar-refractivity contribution is 7.99. The van der Waals surface area contributed by atoms with Gasteiger partial charge in [-0.15, -0.1) is 11.3 Å². The van der Waals surface area contributed by atoms with Gasteiger partial charge in [0.15, 0.2) is 5.82 Å². The van der Waals surface area contributed by atoms with Crippen LogP contribution < -0.4 is 20.9 Å². The molecule has 6 atom stereocenters. The number of amides is 3. The van der Waals surface area contributed by atoms with Crippen molar-refractivity contribution in [2.75, 3.05) is 81.9 Å². The normalized spacial score (nSPS) is 22.9. The van der Waals surface area contributed by atoms with Crippen LogP contribution in [0.3, 0.4) is 0 Å². The van der Waals surface area contributed by atoms with E-state index in [1.54, 1.807) is 36.7 Å². The quantitative estimate of drug-likeness (QED) is 0.0857. The highest BCUT2D eigenvalue weighted by atomic mass is 35.5. The Labute approximate surface area is 469 Å². The van der Waals surface area contributed by atoms with Gasteiger partial charge in [-0.2, -0.15) is 0 Å². The first kappa shape index (κ1) is 56.0. The van der Waals surface area contributed by atoms with E-state index in [0.29, 0.717) is 111 Å². The lowest BCUT2D eigenvalue weighted by Gasteiger charge is -2.41. The highest BCUT2D eigenvalue weighted by Crippen LogP contribution is 2.43. The second-order valence-electron chi connectivity index (χ2n) is 22.2. The molecule has 19 nitrogen and oxygen atoms in total. The minimum Gasteiger partial charge on any atom is -0.391 e. The van der Waals surface area contributed by atoms with Crippen LogP contribution in [0.15, 0.2) is 68.7 Å². The summed E-state index contributed by atoms with van der Waals surface area (Å²) in [6.45, 7) is 16.3. The summed E-state index contributed by atoms with van der Waals surface area (Å²) in [5.41, 5.74) is 12.5. The summed E-state index contributed by atoms with van der Waals surface area (Å²) in [5, 5.41) is 29.8. The first-order valence-corrected chi connectivity index (χ1v) is 29.6. The number of carbonyl (C=O) groups excluding carboxylic acids is 3. The lowest BCUT2D eigenvalue weighted by Crippen LogP contribution is -2.52. The molecule has 4 aromatic heterocycles. The van der Waals surface area contributed by atoms with Crippen molar-refractivity contribution in [1.29, 1.82) is 0 Å². The number of nitrogens with zero attached hydrogens (tertiary/aromatic N) is 10. The molecule has 10 rings (SSSR count). The molecule has 0 radical (unpaired) electrons. The number of piperazine rings is 1. The van der Waals surface area contributed by atoms with Gasteiger partial charge in [-0.05, 0) is 76.0 Å². The van der Waals surface area contributed by atoms with Gasteiger partial charge in [-0.25, -0.2) is 19.9 Å². The molecule has 5 aromatic rings. The largest absolute Gasteiger partial charge is 0.391 e. The Morgan fingerprint density at radius 1 is 0.974 bits per heavy atom. The number of hydrogen-bond donors (Lipinski definition) is 4. The predicted molar refractivity (Wildman–Crippen MR) is 299 cm³/mol. The molecule has 3 amide bonds. The molecular weight excluding hydrogens is 1050 g/mol. The van der Waals surface area contributed by atoms with Crippen molar-refractivity contribution in [3.8, 4) is 10.4 Å². The van der Waals surface area contributed by atoms with Gasteiger partial charge in [-0.1, -0.05) is 66.6 Å². The fraction of sp³-hybridized carbons (Fsp3) is 0.571. The number of likely N-dealkylation sites (tertiary alicyclic amines) is 1. The maximum Gasteiger partial charge on any atom is 0.243 e. The van der Waals surface area contributed by atoms with Crippen LogP contribution in [0.5, 0.6) is 0 Å². The van der Waals surface area contributed by atoms with Gasteiger partial charge in [0.25, 0.3) is 0 Å². The molecule has 5 aliphatic rings. The van der Waals surface area contributed by atoms with Crippen molar-refractivity contribution in [3.63, 3.8) is 0 Å². The summed E-state index contributed by atoms with van der Waals surface area (Å²) in [5.74, 6) is 0.498. The summed E-state index contributed by atoms with van der Waals surface area (Å²) in [4.78, 5) is 73.5. The molecule has 5 fully saturated rings. The smallest absolute Gasteiger partial charge is 0.243 e. The molecule has 0 saturated carbocycles. The van der Waals surface area contributed by atoms with E-state index in [1.807, 2.05) is 56.3 Å². The number of aromatic nitrogens is 5. The van der Waals surface area contributed by atoms with Crippen LogP contribution in [0.1, 0.15) is 99.7 Å². The molecule has 78 heavy (non-hydrogen) atoms. The molecule has 0 aliphatic carbocycles. The van der Waals surface area contributed by atoms with E-state index < -0.39 is 18.1 Å². The van der Waals surface area contributed by atoms with E-state index in [-0.39, 0.29) is 72.7 Å². The average molecular weight is 1130 g/mol. The minimum atomic E-state index is -0.860. The molecular formula is C56H73ClN12O7S2. The Hall–Kier alpha value is -5.26. The Morgan fingerprint density at radius 3 is 2.35 bits per heavy atom. The van der Waals surface area contributed by atoms with Crippen molar-refractivity contribution in [2.45, 2.75) is 126 Å². The lowest BCUT2D eigenvalue weighted by molar-refractivity contribution is -0.141. The monoisotopic (exact) mass is 1120 g/mol. The predicted octanol–water partition coefficient (Wildman–Crippen LogP) is 6.24. The van der Waals surface area contributed by atoms with Gasteiger partial charge in [-0.3, -0.25) is 19.3 Å². The number of anilines is 2. The summed E-state index contributed by atoms with van der Waals surface area (Å²) in [6.07, 6.45) is 6.56. The number of ether oxygens (including phenoxy) is 1. The number of thiazole rings is 1. The second-order valence-corrected chi connectivity index (χ2v) is 24.5. The third-order valence-electron chi connectivity index (χ3n) is 16.9. The fourth-order valence-corrected chi connectivity index (χ4v) is 14.1. The van der Waals surface area contributed by atoms with Crippen molar-refractivity contribution >= 4 is 64.1 Å². The van der Waals surface area contributed by atoms with Crippen molar-refractivity contribution in [3.05, 3.63) is 87.7 Å². The number of aryl methyl sites for hydroxylation is 2. The zero-order chi connectivity index (χ0) is 54.8. The minimum absolute atomic E-state index is 0.00816. The summed E-state index contributed by atoms with van der Waals surface area (Å²) in [6, 6.07) is 10.6. The average Bonchev–Trinajstić information content (AvgIpc) is 4.31. The number of aliphatic hydroxyl groups is 2. The molecule has 0 bridgehead atoms. The fourth-order valence-electron chi connectivity index (χ4n) is 12.2. The number of β-amino-alcohol motifs (C(OH)–C–C–N with tert-alkyl or cyclic N) is 1. The standard InChI is InChI=1S/C56H73ClN12O7S2/c1-33(2)47(44-26-34(3)64-76-44)55(74)69-29-40(71)27-43(69)53(72)63-41(37-6-8-38(9-7-37)49-35(4)61-32-77-49)13-17-65-22-24-68(25-23-65)54(73)39-11-18-66(19-12-39)52-48(57)45(10-16-59-52)78-46-28-60-51(42(30-70)62-46)67-20-14-56(15-21-67)31-75-36(5)50(56)58/h6-10,16,26,28,32-33,36,39-41,43,47,50,70-71H,11-15,17-25,27,29-31,58H2,1-5H3,(H,63,72)/t36-,40+,41-,43-,47+,50+/m0/s1. The number of nitrogens with two attached hydrogens (primary N) is 1. The summed E-state index contributed by atoms with van der Waals surface area (Å²) in [7, 11) is 0. The number of hydrogen-bond acceptors (Lipinski definition) is 18. The number of benzene rings is 1. The molecule has 418 valence electrons. The number of carbonyl (C=O) groups is 3. The van der Waals surface area contributed by atoms with Crippen molar-refractivity contribution in [1.82, 2.24) is 45.1 Å². The van der Waals surface area contributed by atoms with Gasteiger partial charge < -0.3 is 50.1 Å². The van der Waals surface area contributed by atoms with Gasteiger partial charge in [0.05, 0.1) is 64.5 Å². The first-order chi connectivity index (χ1) is 37.6. The Kier molecular flexibility index (Phi) is 17.4. The van der Waals surface area contributed by atoms with Gasteiger partial charge in [0.2, 0.25) is 17.7 Å². The van der Waals surface area contributed by atoms with Crippen LogP contribution in [-0.2, 0) is 25.7 Å². The third-order valence-corrected chi connectivity index (χ3v) is 19.3. The maximum atomic E-state index is 14.4. The highest BCUT2D eigenvalue weighted by Gasteiger charge is 2.48. The second kappa shape index (κ2) is 24.2. The van der Waals surface area contributed by atoms with Crippen LogP contribution in [0.4, 0.5) is 11.6 Å². The van der Waals surface area contributed by atoms with E-state index in [4.69, 9.17) is 36.6 Å². The van der Waals surface area contributed by atoms with E-state index in [2.05, 4.69) is 47.3 Å². The van der Waals surface area contributed by atoms with E-state index in [0.717, 1.165) is 52.5 Å². The molecule has 5 N–H and O–H groups in total. The van der Waals surface area contributed by atoms with Crippen molar-refractivity contribution in [2.24, 2.45) is 23.0 Å². The number of halogens is 1. The Morgan fingerprint density at radius 2 is 1.71 bits per heavy atom. The van der Waals surface area contributed by atoms with Gasteiger partial charge in [0, 0.05) is 106 Å². The molecule has 1 spiro atoms. The molecule has 1 aromatic carbocycles. The Balaban J connectivity index is 0.730. The number of pyridine rings is 1. The zero-order valence-electron chi connectivity index (χ0n) is 45.2. The topological polar surface area (TPSA) is 233 Å². The molecule has 5 aliphatic heterocycles. The maximum absolute atomic E-state index is 14.4. The van der Waals surface area contributed by atoms with E-state index >= 15 is 0 Å². The number of piperidine rings is 2. The van der Waals surface area contributed by atoms with Gasteiger partial charge in [0.1, 0.15) is 34.3 Å². The third kappa shape index (κ3) is 11.9. The summed E-state index contributed by atoms with van der Waals surface area (Å²) < 4.78 is 11.5. The zero-order valence-corrected chi connectivity index (χ0v) is 47.6. The molecule has 9 heterocycles. The van der Waals surface area contributed by atoms with E-state index in [9.17, 15) is 24.6 Å². The van der Waals surface area contributed by atoms with Crippen LogP contribution in [0, 0.1) is 31.1 Å². The van der Waals surface area contributed by atoms with Crippen LogP contribution in [-0.4, -0.2) is 164 Å². The first-order valence-electron chi connectivity index (χ1n) is 27.5. The van der Waals surface area contributed by atoms with Crippen LogP contribution in [0.2, 0.25) is 5.02 Å². The molecule has 5 saturated heterocycles. The van der Waals surface area contributed by atoms with Crippen molar-refractivity contribution < 1.29 is 33.9 Å². The number of nitrogens with one attached hydrogen (secondary N) is 1. The van der Waals surface area contributed by atoms with Gasteiger partial charge >= 0.3 is 0 Å². The molecule has 0 unspecified atom stereocenters. The summed E-state index contributed by atoms with van der Waals surface area (Å²) >= 11 is 10.1. The van der Waals surface area contributed by atoms with Crippen LogP contribution in [0.25, 0.3) is 10.4 Å².